The maximum atomic E-state index is 12.4. The number of carbonyl (C=O) groups excluding carboxylic acids is 2. The van der Waals surface area contributed by atoms with Crippen LogP contribution in [0.2, 0.25) is 0 Å². The van der Waals surface area contributed by atoms with Gasteiger partial charge in [-0.3, -0.25) is 14.6 Å². The van der Waals surface area contributed by atoms with E-state index < -0.39 is 5.91 Å². The molecule has 0 saturated heterocycles. The molecule has 2 aromatic rings. The number of benzene rings is 1. The molecule has 0 aliphatic carbocycles. The highest BCUT2D eigenvalue weighted by Gasteiger charge is 2.12. The normalized spacial score (nSPS) is 10.8. The van der Waals surface area contributed by atoms with Crippen LogP contribution in [0.5, 0.6) is 0 Å². The smallest absolute Gasteiger partial charge is 0.267 e. The van der Waals surface area contributed by atoms with Gasteiger partial charge in [0, 0.05) is 42.9 Å². The third-order valence-corrected chi connectivity index (χ3v) is 4.05. The molecule has 1 amide bonds. The van der Waals surface area contributed by atoms with Gasteiger partial charge < -0.3 is 10.2 Å². The lowest BCUT2D eigenvalue weighted by Crippen LogP contribution is -2.23. The molecule has 0 aliphatic rings. The Balaban J connectivity index is 2.06. The molecule has 0 radical (unpaired) electrons. The highest BCUT2D eigenvalue weighted by molar-refractivity contribution is 6.07. The zero-order valence-electron chi connectivity index (χ0n) is 15.5. The topological polar surface area (TPSA) is 86.1 Å². The Bertz CT molecular complexity index is 869. The third-order valence-electron chi connectivity index (χ3n) is 4.05. The first-order chi connectivity index (χ1) is 13.0. The minimum Gasteiger partial charge on any atom is -0.376 e. The summed E-state index contributed by atoms with van der Waals surface area (Å²) < 4.78 is 0. The van der Waals surface area contributed by atoms with E-state index >= 15 is 0 Å². The predicted molar refractivity (Wildman–Crippen MR) is 104 cm³/mol. The number of aromatic nitrogens is 1. The largest absolute Gasteiger partial charge is 0.376 e. The SMILES string of the molecule is CCN(/C=C(/C#N)C(=O)Nc1cccc(C(C)=O)c1)CCc1ccncc1. The number of hydrogen-bond acceptors (Lipinski definition) is 5. The van der Waals surface area contributed by atoms with E-state index in [-0.39, 0.29) is 11.4 Å². The molecule has 0 saturated carbocycles. The van der Waals surface area contributed by atoms with Crippen molar-refractivity contribution in [2.45, 2.75) is 20.3 Å². The number of nitrogens with one attached hydrogen (secondary N) is 1. The van der Waals surface area contributed by atoms with E-state index in [2.05, 4.69) is 10.3 Å². The zero-order chi connectivity index (χ0) is 19.6. The first-order valence-corrected chi connectivity index (χ1v) is 8.70. The fraction of sp³-hybridized carbons (Fsp3) is 0.238. The quantitative estimate of drug-likeness (QED) is 0.443. The van der Waals surface area contributed by atoms with E-state index in [1.54, 1.807) is 42.9 Å². The summed E-state index contributed by atoms with van der Waals surface area (Å²) >= 11 is 0. The Morgan fingerprint density at radius 1 is 1.26 bits per heavy atom. The number of anilines is 1. The molecule has 27 heavy (non-hydrogen) atoms. The van der Waals surface area contributed by atoms with Gasteiger partial charge in [-0.2, -0.15) is 5.26 Å². The summed E-state index contributed by atoms with van der Waals surface area (Å²) in [6.45, 7) is 4.78. The van der Waals surface area contributed by atoms with Crippen LogP contribution in [0.1, 0.15) is 29.8 Å². The maximum Gasteiger partial charge on any atom is 0.267 e. The molecule has 2 rings (SSSR count). The Hall–Kier alpha value is -3.46. The van der Waals surface area contributed by atoms with Crippen molar-refractivity contribution in [3.63, 3.8) is 0 Å². The number of rotatable bonds is 8. The Labute approximate surface area is 159 Å². The van der Waals surface area contributed by atoms with Crippen LogP contribution in [0.15, 0.2) is 60.6 Å². The first-order valence-electron chi connectivity index (χ1n) is 8.70. The fourth-order valence-corrected chi connectivity index (χ4v) is 2.47. The number of pyridine rings is 1. The molecule has 1 N–H and O–H groups in total. The third kappa shape index (κ3) is 6.08. The summed E-state index contributed by atoms with van der Waals surface area (Å²) in [4.78, 5) is 29.8. The number of carbonyl (C=O) groups is 2. The Morgan fingerprint density at radius 2 is 2.00 bits per heavy atom. The Kier molecular flexibility index (Phi) is 7.26. The van der Waals surface area contributed by atoms with Gasteiger partial charge in [0.2, 0.25) is 0 Å². The van der Waals surface area contributed by atoms with Crippen LogP contribution >= 0.6 is 0 Å². The van der Waals surface area contributed by atoms with E-state index in [4.69, 9.17) is 0 Å². The van der Waals surface area contributed by atoms with Gasteiger partial charge >= 0.3 is 0 Å². The molecule has 0 bridgehead atoms. The number of amides is 1. The molecule has 6 nitrogen and oxygen atoms in total. The average Bonchev–Trinajstić information content (AvgIpc) is 2.69. The molecule has 138 valence electrons. The molecular weight excluding hydrogens is 340 g/mol. The molecule has 1 heterocycles. The Morgan fingerprint density at radius 3 is 2.63 bits per heavy atom. The summed E-state index contributed by atoms with van der Waals surface area (Å²) in [7, 11) is 0. The van der Waals surface area contributed by atoms with Crippen LogP contribution in [0.3, 0.4) is 0 Å². The van der Waals surface area contributed by atoms with E-state index in [1.165, 1.54) is 6.92 Å². The molecule has 0 unspecified atom stereocenters. The van der Waals surface area contributed by atoms with Crippen molar-refractivity contribution < 1.29 is 9.59 Å². The molecule has 6 heteroatoms. The van der Waals surface area contributed by atoms with Gasteiger partial charge in [-0.15, -0.1) is 0 Å². The van der Waals surface area contributed by atoms with Gasteiger partial charge in [-0.25, -0.2) is 0 Å². The van der Waals surface area contributed by atoms with Gasteiger partial charge in [-0.1, -0.05) is 12.1 Å². The van der Waals surface area contributed by atoms with Crippen LogP contribution < -0.4 is 5.32 Å². The van der Waals surface area contributed by atoms with E-state index in [1.807, 2.05) is 30.0 Å². The van der Waals surface area contributed by atoms with E-state index in [0.717, 1.165) is 12.0 Å². The predicted octanol–water partition coefficient (Wildman–Crippen LogP) is 3.19. The molecule has 0 atom stereocenters. The van der Waals surface area contributed by atoms with Crippen molar-refractivity contribution in [1.82, 2.24) is 9.88 Å². The highest BCUT2D eigenvalue weighted by Crippen LogP contribution is 2.13. The second-order valence-corrected chi connectivity index (χ2v) is 5.98. The fourth-order valence-electron chi connectivity index (χ4n) is 2.47. The van der Waals surface area contributed by atoms with Crippen molar-refractivity contribution in [2.75, 3.05) is 18.4 Å². The van der Waals surface area contributed by atoms with Crippen LogP contribution in [0.25, 0.3) is 0 Å². The lowest BCUT2D eigenvalue weighted by atomic mass is 10.1. The monoisotopic (exact) mass is 362 g/mol. The number of ketones is 1. The maximum absolute atomic E-state index is 12.4. The second-order valence-electron chi connectivity index (χ2n) is 5.98. The lowest BCUT2D eigenvalue weighted by molar-refractivity contribution is -0.112. The molecule has 0 aliphatic heterocycles. The van der Waals surface area contributed by atoms with Gasteiger partial charge in [0.15, 0.2) is 5.78 Å². The molecule has 1 aromatic heterocycles. The summed E-state index contributed by atoms with van der Waals surface area (Å²) in [5, 5.41) is 12.1. The summed E-state index contributed by atoms with van der Waals surface area (Å²) in [6.07, 6.45) is 5.84. The van der Waals surface area contributed by atoms with E-state index in [0.29, 0.717) is 24.3 Å². The number of Topliss-reactive ketones (excluding diaryl/α,β-unsaturated/α-hetero) is 1. The van der Waals surface area contributed by atoms with Crippen LogP contribution in [0.4, 0.5) is 5.69 Å². The highest BCUT2D eigenvalue weighted by atomic mass is 16.1. The average molecular weight is 362 g/mol. The molecule has 0 spiro atoms. The van der Waals surface area contributed by atoms with Crippen molar-refractivity contribution in [3.8, 4) is 6.07 Å². The minimum absolute atomic E-state index is 0.0137. The number of hydrogen-bond donors (Lipinski definition) is 1. The van der Waals surface area contributed by atoms with Gasteiger partial charge in [0.05, 0.1) is 0 Å². The van der Waals surface area contributed by atoms with Crippen LogP contribution in [-0.4, -0.2) is 34.7 Å². The van der Waals surface area contributed by atoms with Crippen LogP contribution in [0, 0.1) is 11.3 Å². The number of likely N-dealkylation sites (N-methyl/N-ethyl adjacent to an activating group) is 1. The molecule has 1 aromatic carbocycles. The van der Waals surface area contributed by atoms with Gasteiger partial charge in [-0.05, 0) is 50.1 Å². The summed E-state index contributed by atoms with van der Waals surface area (Å²) in [6, 6.07) is 12.5. The van der Waals surface area contributed by atoms with Crippen molar-refractivity contribution in [2.24, 2.45) is 0 Å². The second kappa shape index (κ2) is 9.88. The van der Waals surface area contributed by atoms with Gasteiger partial charge in [0.25, 0.3) is 5.91 Å². The number of nitriles is 1. The zero-order valence-corrected chi connectivity index (χ0v) is 15.5. The van der Waals surface area contributed by atoms with Crippen molar-refractivity contribution in [1.29, 1.82) is 5.26 Å². The van der Waals surface area contributed by atoms with Crippen molar-refractivity contribution >= 4 is 17.4 Å². The molecular formula is C21H22N4O2. The van der Waals surface area contributed by atoms with Crippen molar-refractivity contribution in [3.05, 3.63) is 71.7 Å². The minimum atomic E-state index is -0.499. The summed E-state index contributed by atoms with van der Waals surface area (Å²) in [5.41, 5.74) is 2.14. The number of nitrogens with zero attached hydrogens (tertiary/aromatic N) is 3. The summed E-state index contributed by atoms with van der Waals surface area (Å²) in [5.74, 6) is -0.587. The lowest BCUT2D eigenvalue weighted by Gasteiger charge is -2.18. The van der Waals surface area contributed by atoms with Gasteiger partial charge in [0.1, 0.15) is 11.6 Å². The standard InChI is InChI=1S/C21H22N4O2/c1-3-25(12-9-17-7-10-23-11-8-17)15-19(14-22)21(27)24-20-6-4-5-18(13-20)16(2)26/h4-8,10-11,13,15H,3,9,12H2,1-2H3,(H,24,27)/b19-15-. The van der Waals surface area contributed by atoms with E-state index in [9.17, 15) is 14.9 Å². The first kappa shape index (κ1) is 19.9. The van der Waals surface area contributed by atoms with Crippen LogP contribution in [-0.2, 0) is 11.2 Å². The molecule has 0 fully saturated rings.